The van der Waals surface area contributed by atoms with Crippen molar-refractivity contribution in [3.8, 4) is 5.75 Å². The van der Waals surface area contributed by atoms with Crippen molar-refractivity contribution in [2.45, 2.75) is 13.5 Å². The number of pyridine rings is 1. The number of nitrogens with zero attached hydrogens (tertiary/aromatic N) is 4. The van der Waals surface area contributed by atoms with Crippen molar-refractivity contribution >= 4 is 74.3 Å². The van der Waals surface area contributed by atoms with Crippen LogP contribution in [0.2, 0.25) is 10.0 Å². The number of halogens is 3. The molecule has 0 bridgehead atoms. The summed E-state index contributed by atoms with van der Waals surface area (Å²) in [5.41, 5.74) is 3.66. The number of aromatic nitrogens is 2. The number of benzene rings is 2. The van der Waals surface area contributed by atoms with Crippen LogP contribution in [-0.4, -0.2) is 59.7 Å². The van der Waals surface area contributed by atoms with E-state index in [0.29, 0.717) is 33.2 Å². The minimum absolute atomic E-state index is 0.0442. The minimum Gasteiger partial charge on any atom is -0.485 e. The van der Waals surface area contributed by atoms with Crippen LogP contribution in [0.3, 0.4) is 0 Å². The van der Waals surface area contributed by atoms with E-state index in [-0.39, 0.29) is 30.0 Å². The zero-order valence-electron chi connectivity index (χ0n) is 23.3. The van der Waals surface area contributed by atoms with Crippen molar-refractivity contribution in [3.63, 3.8) is 0 Å². The summed E-state index contributed by atoms with van der Waals surface area (Å²) >= 11 is 16.7. The maximum absolute atomic E-state index is 12.9. The van der Waals surface area contributed by atoms with Gasteiger partial charge in [0.25, 0.3) is 5.91 Å². The number of aryl methyl sites for hydroxylation is 1. The lowest BCUT2D eigenvalue weighted by atomic mass is 10.1. The molecule has 218 valence electrons. The van der Waals surface area contributed by atoms with Gasteiger partial charge in [0.1, 0.15) is 11.2 Å². The number of imidazole rings is 1. The predicted octanol–water partition coefficient (Wildman–Crippen LogP) is 5.79. The number of carbonyl (C=O) groups excluding carboxylic acids is 3. The van der Waals surface area contributed by atoms with Crippen LogP contribution in [-0.2, 0) is 16.2 Å². The standard InChI is InChI=1S/C30H28BrCl2N5O4/c1-18-28(31)38-15-5-6-24(29(38)35-18)42-17-21-22(32)12-13-23(27(21)33)37(4)26(40)16-34-25(39)14-9-19-7-10-20(11-8-19)30(41)36(2)3/h5-15H,16-17H2,1-4H3,(H,34,39). The van der Waals surface area contributed by atoms with Gasteiger partial charge in [-0.3, -0.25) is 18.8 Å². The third-order valence-corrected chi connectivity index (χ3v) is 8.12. The first-order valence-electron chi connectivity index (χ1n) is 12.7. The Labute approximate surface area is 261 Å². The summed E-state index contributed by atoms with van der Waals surface area (Å²) in [6.45, 7) is 1.68. The number of amides is 3. The molecule has 0 aliphatic rings. The highest BCUT2D eigenvalue weighted by Gasteiger charge is 2.20. The van der Waals surface area contributed by atoms with Gasteiger partial charge in [0.15, 0.2) is 11.4 Å². The van der Waals surface area contributed by atoms with Crippen LogP contribution in [0, 0.1) is 6.92 Å². The Kier molecular flexibility index (Phi) is 9.93. The Bertz CT molecular complexity index is 1690. The highest BCUT2D eigenvalue weighted by molar-refractivity contribution is 9.10. The molecule has 12 heteroatoms. The fourth-order valence-corrected chi connectivity index (χ4v) is 4.99. The van der Waals surface area contributed by atoms with Gasteiger partial charge in [-0.25, -0.2) is 4.98 Å². The Morgan fingerprint density at radius 2 is 1.79 bits per heavy atom. The molecular weight excluding hydrogens is 645 g/mol. The zero-order chi connectivity index (χ0) is 30.6. The van der Waals surface area contributed by atoms with Crippen molar-refractivity contribution < 1.29 is 19.1 Å². The summed E-state index contributed by atoms with van der Waals surface area (Å²) in [6, 6.07) is 13.8. The van der Waals surface area contributed by atoms with Crippen LogP contribution in [0.1, 0.15) is 27.2 Å². The second kappa shape index (κ2) is 13.4. The molecule has 0 saturated carbocycles. The quantitative estimate of drug-likeness (QED) is 0.227. The van der Waals surface area contributed by atoms with E-state index < -0.39 is 5.91 Å². The molecule has 2 aromatic carbocycles. The fourth-order valence-electron chi connectivity index (χ4n) is 4.01. The number of ether oxygens (including phenoxy) is 1. The van der Waals surface area contributed by atoms with Gasteiger partial charge in [0, 0.05) is 49.6 Å². The number of rotatable bonds is 9. The van der Waals surface area contributed by atoms with Gasteiger partial charge < -0.3 is 19.9 Å². The van der Waals surface area contributed by atoms with Gasteiger partial charge in [-0.15, -0.1) is 0 Å². The summed E-state index contributed by atoms with van der Waals surface area (Å²) < 4.78 is 8.74. The first-order chi connectivity index (χ1) is 20.0. The molecule has 4 rings (SSSR count). The number of carbonyl (C=O) groups is 3. The van der Waals surface area contributed by atoms with Gasteiger partial charge in [-0.2, -0.15) is 0 Å². The molecule has 0 radical (unpaired) electrons. The summed E-state index contributed by atoms with van der Waals surface area (Å²) in [7, 11) is 4.92. The lowest BCUT2D eigenvalue weighted by Gasteiger charge is -2.21. The maximum atomic E-state index is 12.9. The van der Waals surface area contributed by atoms with E-state index in [2.05, 4.69) is 26.2 Å². The number of hydrogen-bond acceptors (Lipinski definition) is 5. The Balaban J connectivity index is 1.38. The van der Waals surface area contributed by atoms with E-state index in [4.69, 9.17) is 27.9 Å². The minimum atomic E-state index is -0.448. The van der Waals surface area contributed by atoms with Crippen molar-refractivity contribution in [3.05, 3.63) is 97.8 Å². The molecule has 3 amide bonds. The molecule has 2 heterocycles. The SMILES string of the molecule is Cc1nc2c(OCc3c(Cl)ccc(N(C)C(=O)CNC(=O)C=Cc4ccc(C(=O)N(C)C)cc4)c3Cl)cccn2c1Br. The summed E-state index contributed by atoms with van der Waals surface area (Å²) in [5, 5.41) is 3.22. The van der Waals surface area contributed by atoms with E-state index in [0.717, 1.165) is 15.9 Å². The van der Waals surface area contributed by atoms with Crippen LogP contribution < -0.4 is 15.0 Å². The molecule has 0 spiro atoms. The van der Waals surface area contributed by atoms with Crippen molar-refractivity contribution in [2.75, 3.05) is 32.6 Å². The molecule has 0 atom stereocenters. The number of hydrogen-bond donors (Lipinski definition) is 1. The maximum Gasteiger partial charge on any atom is 0.253 e. The highest BCUT2D eigenvalue weighted by atomic mass is 79.9. The first kappa shape index (κ1) is 31.1. The van der Waals surface area contributed by atoms with E-state index in [1.54, 1.807) is 69.7 Å². The van der Waals surface area contributed by atoms with Gasteiger partial charge in [-0.1, -0.05) is 35.3 Å². The molecule has 0 unspecified atom stereocenters. The topological polar surface area (TPSA) is 96.2 Å². The third kappa shape index (κ3) is 6.95. The average Bonchev–Trinajstić information content (AvgIpc) is 3.27. The second-order valence-corrected chi connectivity index (χ2v) is 11.1. The number of anilines is 1. The van der Waals surface area contributed by atoms with Gasteiger partial charge >= 0.3 is 0 Å². The van der Waals surface area contributed by atoms with Crippen LogP contribution >= 0.6 is 39.1 Å². The van der Waals surface area contributed by atoms with Crippen molar-refractivity contribution in [1.82, 2.24) is 19.6 Å². The number of fused-ring (bicyclic) bond motifs is 1. The molecule has 0 aliphatic carbocycles. The Morgan fingerprint density at radius 1 is 1.07 bits per heavy atom. The van der Waals surface area contributed by atoms with Gasteiger partial charge in [0.2, 0.25) is 11.8 Å². The molecule has 0 aliphatic heterocycles. The molecule has 1 N–H and O–H groups in total. The van der Waals surface area contributed by atoms with Crippen molar-refractivity contribution in [1.29, 1.82) is 0 Å². The molecule has 4 aromatic rings. The normalized spacial score (nSPS) is 11.1. The van der Waals surface area contributed by atoms with E-state index >= 15 is 0 Å². The Morgan fingerprint density at radius 3 is 2.48 bits per heavy atom. The summed E-state index contributed by atoms with van der Waals surface area (Å²) in [4.78, 5) is 44.6. The van der Waals surface area contributed by atoms with Gasteiger partial charge in [-0.05, 0) is 70.9 Å². The summed E-state index contributed by atoms with van der Waals surface area (Å²) in [6.07, 6.45) is 4.79. The van der Waals surface area contributed by atoms with Crippen LogP contribution in [0.25, 0.3) is 11.7 Å². The van der Waals surface area contributed by atoms with Crippen molar-refractivity contribution in [2.24, 2.45) is 0 Å². The van der Waals surface area contributed by atoms with E-state index in [9.17, 15) is 14.4 Å². The molecule has 2 aromatic heterocycles. The molecule has 42 heavy (non-hydrogen) atoms. The lowest BCUT2D eigenvalue weighted by Crippen LogP contribution is -2.37. The molecular formula is C30H28BrCl2N5O4. The monoisotopic (exact) mass is 671 g/mol. The lowest BCUT2D eigenvalue weighted by molar-refractivity contribution is -0.122. The van der Waals surface area contributed by atoms with E-state index in [1.165, 1.54) is 15.9 Å². The Hall–Kier alpha value is -3.86. The largest absolute Gasteiger partial charge is 0.485 e. The fraction of sp³-hybridized carbons (Fsp3) is 0.200. The summed E-state index contributed by atoms with van der Waals surface area (Å²) in [5.74, 6) is -0.401. The van der Waals surface area contributed by atoms with Crippen LogP contribution in [0.5, 0.6) is 5.75 Å². The van der Waals surface area contributed by atoms with Gasteiger partial charge in [0.05, 0.1) is 22.9 Å². The molecule has 0 saturated heterocycles. The average molecular weight is 673 g/mol. The van der Waals surface area contributed by atoms with E-state index in [1.807, 2.05) is 23.6 Å². The predicted molar refractivity (Wildman–Crippen MR) is 168 cm³/mol. The number of likely N-dealkylation sites (N-methyl/N-ethyl adjacent to an activating group) is 1. The smallest absolute Gasteiger partial charge is 0.253 e. The molecule has 0 fully saturated rings. The molecule has 9 nitrogen and oxygen atoms in total. The van der Waals surface area contributed by atoms with Crippen LogP contribution in [0.4, 0.5) is 5.69 Å². The third-order valence-electron chi connectivity index (χ3n) is 6.39. The highest BCUT2D eigenvalue weighted by Crippen LogP contribution is 2.35. The first-order valence-corrected chi connectivity index (χ1v) is 14.3. The zero-order valence-corrected chi connectivity index (χ0v) is 26.4. The second-order valence-electron chi connectivity index (χ2n) is 9.53. The van der Waals surface area contributed by atoms with Crippen LogP contribution in [0.15, 0.2) is 65.4 Å². The number of nitrogens with one attached hydrogen (secondary N) is 1.